The summed E-state index contributed by atoms with van der Waals surface area (Å²) in [4.78, 5) is 26.8. The third-order valence-electron chi connectivity index (χ3n) is 6.52. The molecule has 6 nitrogen and oxygen atoms in total. The van der Waals surface area contributed by atoms with Crippen molar-refractivity contribution >= 4 is 11.9 Å². The first-order chi connectivity index (χ1) is 15.3. The minimum absolute atomic E-state index is 0.0325. The molecule has 0 radical (unpaired) electrons. The van der Waals surface area contributed by atoms with Gasteiger partial charge in [0.15, 0.2) is 0 Å². The van der Waals surface area contributed by atoms with Gasteiger partial charge in [-0.15, -0.1) is 0 Å². The van der Waals surface area contributed by atoms with Crippen molar-refractivity contribution in [2.75, 3.05) is 20.2 Å². The first-order valence-corrected chi connectivity index (χ1v) is 11.4. The number of aromatic carboxylic acids is 1. The number of carbonyl (C=O) groups excluding carboxylic acids is 1. The van der Waals surface area contributed by atoms with Gasteiger partial charge in [0.2, 0.25) is 5.91 Å². The molecule has 0 spiro atoms. The molecule has 0 bridgehead atoms. The molecule has 1 amide bonds. The topological polar surface area (TPSA) is 78.9 Å². The van der Waals surface area contributed by atoms with E-state index in [2.05, 4.69) is 10.2 Å². The number of rotatable bonds is 9. The first kappa shape index (κ1) is 23.8. The van der Waals surface area contributed by atoms with E-state index >= 15 is 0 Å². The van der Waals surface area contributed by atoms with Crippen LogP contribution in [-0.2, 0) is 4.79 Å². The average Bonchev–Trinajstić information content (AvgIpc) is 2.79. The van der Waals surface area contributed by atoms with Crippen molar-refractivity contribution in [1.82, 2.24) is 10.2 Å². The Balaban J connectivity index is 1.65. The minimum Gasteiger partial charge on any atom is -0.492 e. The van der Waals surface area contributed by atoms with E-state index in [1.54, 1.807) is 24.3 Å². The molecule has 0 heterocycles. The third kappa shape index (κ3) is 5.68. The Morgan fingerprint density at radius 2 is 1.81 bits per heavy atom. The molecule has 3 rings (SSSR count). The van der Waals surface area contributed by atoms with Crippen LogP contribution in [0.2, 0.25) is 0 Å². The lowest BCUT2D eigenvalue weighted by molar-refractivity contribution is -0.136. The van der Waals surface area contributed by atoms with Gasteiger partial charge in [0.1, 0.15) is 17.9 Å². The van der Waals surface area contributed by atoms with Gasteiger partial charge in [-0.3, -0.25) is 9.69 Å². The summed E-state index contributed by atoms with van der Waals surface area (Å²) in [5, 5.41) is 12.3. The van der Waals surface area contributed by atoms with Crippen molar-refractivity contribution in [2.24, 2.45) is 0 Å². The highest BCUT2D eigenvalue weighted by atomic mass is 16.5. The van der Waals surface area contributed by atoms with Crippen LogP contribution in [-0.4, -0.2) is 47.6 Å². The van der Waals surface area contributed by atoms with Crippen molar-refractivity contribution < 1.29 is 19.4 Å². The maximum absolute atomic E-state index is 13.5. The number of hydrogen-bond donors (Lipinski definition) is 2. The number of benzene rings is 2. The molecule has 1 fully saturated rings. The van der Waals surface area contributed by atoms with Crippen LogP contribution in [0.5, 0.6) is 5.75 Å². The van der Waals surface area contributed by atoms with E-state index in [0.717, 1.165) is 49.0 Å². The highest BCUT2D eigenvalue weighted by Crippen LogP contribution is 2.34. The highest BCUT2D eigenvalue weighted by molar-refractivity contribution is 5.88. The Bertz CT molecular complexity index is 920. The Kier molecular flexibility index (Phi) is 7.91. The molecule has 1 unspecified atom stereocenters. The fourth-order valence-electron chi connectivity index (χ4n) is 4.47. The molecule has 2 aromatic rings. The third-order valence-corrected chi connectivity index (χ3v) is 6.52. The summed E-state index contributed by atoms with van der Waals surface area (Å²) in [6, 6.07) is 14.5. The van der Waals surface area contributed by atoms with Crippen molar-refractivity contribution in [3.63, 3.8) is 0 Å². The summed E-state index contributed by atoms with van der Waals surface area (Å²) in [7, 11) is 2.01. The summed E-state index contributed by atoms with van der Waals surface area (Å²) in [6.07, 6.45) is 4.85. The lowest BCUT2D eigenvalue weighted by Crippen LogP contribution is -2.59. The number of nitrogens with zero attached hydrogens (tertiary/aromatic N) is 1. The second-order valence-corrected chi connectivity index (χ2v) is 8.80. The molecule has 172 valence electrons. The van der Waals surface area contributed by atoms with Gasteiger partial charge >= 0.3 is 5.97 Å². The van der Waals surface area contributed by atoms with E-state index in [-0.39, 0.29) is 17.5 Å². The van der Waals surface area contributed by atoms with Crippen molar-refractivity contribution in [2.45, 2.75) is 57.5 Å². The molecule has 32 heavy (non-hydrogen) atoms. The van der Waals surface area contributed by atoms with Gasteiger partial charge in [-0.2, -0.15) is 0 Å². The van der Waals surface area contributed by atoms with Crippen LogP contribution in [0, 0.1) is 6.92 Å². The molecule has 6 heteroatoms. The molecule has 0 aromatic heterocycles. The predicted molar refractivity (Wildman–Crippen MR) is 125 cm³/mol. The predicted octanol–water partition coefficient (Wildman–Crippen LogP) is 4.58. The molecular formula is C26H34N2O4. The second-order valence-electron chi connectivity index (χ2n) is 8.80. The lowest BCUT2D eigenvalue weighted by atomic mass is 9.79. The van der Waals surface area contributed by atoms with Gasteiger partial charge in [0.25, 0.3) is 0 Å². The Labute approximate surface area is 190 Å². The minimum atomic E-state index is -0.955. The van der Waals surface area contributed by atoms with Crippen LogP contribution in [0.1, 0.15) is 66.6 Å². The van der Waals surface area contributed by atoms with Gasteiger partial charge in [-0.05, 0) is 69.1 Å². The molecule has 1 saturated carbocycles. The number of carbonyl (C=O) groups is 2. The lowest BCUT2D eigenvalue weighted by Gasteiger charge is -2.43. The number of likely N-dealkylation sites (N-methyl/N-ethyl adjacent to an activating group) is 1. The maximum atomic E-state index is 13.5. The summed E-state index contributed by atoms with van der Waals surface area (Å²) in [5.41, 5.74) is 1.73. The van der Waals surface area contributed by atoms with Crippen LogP contribution in [0.15, 0.2) is 48.5 Å². The van der Waals surface area contributed by atoms with E-state index in [1.165, 1.54) is 0 Å². The van der Waals surface area contributed by atoms with Gasteiger partial charge < -0.3 is 15.2 Å². The van der Waals surface area contributed by atoms with Gasteiger partial charge in [-0.1, -0.05) is 43.5 Å². The summed E-state index contributed by atoms with van der Waals surface area (Å²) >= 11 is 0. The number of carboxylic acids is 1. The number of amides is 1. The standard InChI is InChI=1S/C26H34N2O4/c1-19-8-7-9-23(18-19)32-17-16-28(3)26(14-5-4-6-15-26)25(31)27-20(2)21-10-12-22(13-11-21)24(29)30/h7-13,18,20H,4-6,14-17H2,1-3H3,(H,27,31)(H,29,30). The SMILES string of the molecule is Cc1cccc(OCCN(C)C2(C(=O)NC(C)c3ccc(C(=O)O)cc3)CCCCC2)c1. The molecular weight excluding hydrogens is 404 g/mol. The monoisotopic (exact) mass is 438 g/mol. The number of aryl methyl sites for hydroxylation is 1. The van der Waals surface area contributed by atoms with E-state index in [4.69, 9.17) is 9.84 Å². The molecule has 1 aliphatic rings. The summed E-state index contributed by atoms with van der Waals surface area (Å²) < 4.78 is 5.93. The van der Waals surface area contributed by atoms with Crippen LogP contribution >= 0.6 is 0 Å². The summed E-state index contributed by atoms with van der Waals surface area (Å²) in [6.45, 7) is 5.14. The number of hydrogen-bond acceptors (Lipinski definition) is 4. The number of carboxylic acid groups (broad SMARTS) is 1. The van der Waals surface area contributed by atoms with Crippen LogP contribution < -0.4 is 10.1 Å². The zero-order chi connectivity index (χ0) is 23.1. The normalized spacial score (nSPS) is 16.4. The quantitative estimate of drug-likeness (QED) is 0.599. The molecule has 0 saturated heterocycles. The van der Waals surface area contributed by atoms with E-state index < -0.39 is 11.5 Å². The first-order valence-electron chi connectivity index (χ1n) is 11.4. The van der Waals surface area contributed by atoms with E-state index in [1.807, 2.05) is 45.2 Å². The Morgan fingerprint density at radius 3 is 2.44 bits per heavy atom. The fraction of sp³-hybridized carbons (Fsp3) is 0.462. The van der Waals surface area contributed by atoms with Crippen LogP contribution in [0.25, 0.3) is 0 Å². The maximum Gasteiger partial charge on any atom is 0.335 e. The second kappa shape index (κ2) is 10.6. The molecule has 0 aliphatic heterocycles. The van der Waals surface area contributed by atoms with Gasteiger partial charge in [0, 0.05) is 6.54 Å². The highest BCUT2D eigenvalue weighted by Gasteiger charge is 2.43. The molecule has 1 atom stereocenters. The van der Waals surface area contributed by atoms with Crippen molar-refractivity contribution in [3.8, 4) is 5.75 Å². The van der Waals surface area contributed by atoms with E-state index in [0.29, 0.717) is 13.2 Å². The zero-order valence-corrected chi connectivity index (χ0v) is 19.3. The van der Waals surface area contributed by atoms with Crippen LogP contribution in [0.4, 0.5) is 0 Å². The Morgan fingerprint density at radius 1 is 1.12 bits per heavy atom. The molecule has 2 aromatic carbocycles. The van der Waals surface area contributed by atoms with E-state index in [9.17, 15) is 9.59 Å². The van der Waals surface area contributed by atoms with Crippen molar-refractivity contribution in [3.05, 3.63) is 65.2 Å². The average molecular weight is 439 g/mol. The van der Waals surface area contributed by atoms with Gasteiger partial charge in [-0.25, -0.2) is 4.79 Å². The van der Waals surface area contributed by atoms with Crippen molar-refractivity contribution in [1.29, 1.82) is 0 Å². The zero-order valence-electron chi connectivity index (χ0n) is 19.3. The smallest absolute Gasteiger partial charge is 0.335 e. The number of ether oxygens (including phenoxy) is 1. The Hall–Kier alpha value is -2.86. The molecule has 1 aliphatic carbocycles. The van der Waals surface area contributed by atoms with Gasteiger partial charge in [0.05, 0.1) is 11.6 Å². The molecule has 2 N–H and O–H groups in total. The van der Waals surface area contributed by atoms with Crippen LogP contribution in [0.3, 0.4) is 0 Å². The summed E-state index contributed by atoms with van der Waals surface area (Å²) in [5.74, 6) is -0.0760. The fourth-order valence-corrected chi connectivity index (χ4v) is 4.47. The largest absolute Gasteiger partial charge is 0.492 e. The number of nitrogens with one attached hydrogen (secondary N) is 1.